The Hall–Kier alpha value is -2.65. The number of morpholine rings is 1. The zero-order valence-corrected chi connectivity index (χ0v) is 18.4. The van der Waals surface area contributed by atoms with Crippen molar-refractivity contribution in [2.45, 2.75) is 51.1 Å². The lowest BCUT2D eigenvalue weighted by molar-refractivity contribution is 0.00791. The normalized spacial score (nSPS) is 22.6. The van der Waals surface area contributed by atoms with Crippen molar-refractivity contribution < 1.29 is 4.74 Å². The van der Waals surface area contributed by atoms with Gasteiger partial charge in [0.1, 0.15) is 5.52 Å². The first-order valence-corrected chi connectivity index (χ1v) is 11.4. The zero-order valence-electron chi connectivity index (χ0n) is 18.4. The van der Waals surface area contributed by atoms with Gasteiger partial charge in [-0.3, -0.25) is 9.58 Å². The SMILES string of the molecule is CCc1ccn2nc(Nc3cnn(C)c3)nc(N[C@H]3CC[C@H](N4CCOCC4)CC3)c12. The molecule has 0 spiro atoms. The second-order valence-electron chi connectivity index (χ2n) is 8.60. The largest absolute Gasteiger partial charge is 0.379 e. The number of nitrogens with one attached hydrogen (secondary N) is 2. The van der Waals surface area contributed by atoms with Crippen molar-refractivity contribution in [1.82, 2.24) is 29.3 Å². The lowest BCUT2D eigenvalue weighted by atomic mass is 9.90. The van der Waals surface area contributed by atoms with Crippen LogP contribution < -0.4 is 10.6 Å². The third kappa shape index (κ3) is 4.38. The van der Waals surface area contributed by atoms with E-state index in [1.54, 1.807) is 10.9 Å². The van der Waals surface area contributed by atoms with Gasteiger partial charge in [0.15, 0.2) is 5.82 Å². The van der Waals surface area contributed by atoms with Gasteiger partial charge in [-0.25, -0.2) is 4.52 Å². The Labute approximate surface area is 182 Å². The summed E-state index contributed by atoms with van der Waals surface area (Å²) in [6, 6.07) is 3.26. The first-order valence-electron chi connectivity index (χ1n) is 11.4. The van der Waals surface area contributed by atoms with Crippen molar-refractivity contribution in [3.8, 4) is 0 Å². The molecule has 5 rings (SSSR count). The topological polar surface area (TPSA) is 84.5 Å². The molecule has 0 unspecified atom stereocenters. The highest BCUT2D eigenvalue weighted by atomic mass is 16.5. The maximum atomic E-state index is 5.52. The molecule has 9 heteroatoms. The summed E-state index contributed by atoms with van der Waals surface area (Å²) in [5.41, 5.74) is 3.22. The molecule has 9 nitrogen and oxygen atoms in total. The van der Waals surface area contributed by atoms with Gasteiger partial charge in [-0.15, -0.1) is 5.10 Å². The molecule has 3 aromatic heterocycles. The van der Waals surface area contributed by atoms with E-state index in [2.05, 4.69) is 38.7 Å². The second-order valence-corrected chi connectivity index (χ2v) is 8.60. The predicted molar refractivity (Wildman–Crippen MR) is 121 cm³/mol. The highest BCUT2D eigenvalue weighted by Crippen LogP contribution is 2.29. The number of anilines is 3. The average Bonchev–Trinajstić information content (AvgIpc) is 3.40. The fourth-order valence-electron chi connectivity index (χ4n) is 4.86. The van der Waals surface area contributed by atoms with E-state index in [0.717, 1.165) is 62.6 Å². The monoisotopic (exact) mass is 424 g/mol. The molecule has 0 atom stereocenters. The van der Waals surface area contributed by atoms with Gasteiger partial charge in [-0.05, 0) is 43.7 Å². The van der Waals surface area contributed by atoms with Gasteiger partial charge in [0.25, 0.3) is 0 Å². The molecule has 0 radical (unpaired) electrons. The fourth-order valence-corrected chi connectivity index (χ4v) is 4.86. The van der Waals surface area contributed by atoms with Crippen molar-refractivity contribution in [3.63, 3.8) is 0 Å². The second kappa shape index (κ2) is 8.84. The molecular formula is C22H32N8O. The van der Waals surface area contributed by atoms with Crippen LogP contribution in [0.1, 0.15) is 38.2 Å². The molecule has 166 valence electrons. The first kappa shape index (κ1) is 20.3. The van der Waals surface area contributed by atoms with E-state index in [-0.39, 0.29) is 0 Å². The van der Waals surface area contributed by atoms with E-state index in [1.807, 2.05) is 24.0 Å². The Bertz CT molecular complexity index is 1010. The average molecular weight is 425 g/mol. The van der Waals surface area contributed by atoms with Crippen LogP contribution in [0.15, 0.2) is 24.7 Å². The molecule has 0 aromatic carbocycles. The van der Waals surface area contributed by atoms with Gasteiger partial charge >= 0.3 is 0 Å². The Kier molecular flexibility index (Phi) is 5.78. The van der Waals surface area contributed by atoms with Crippen LogP contribution in [0.3, 0.4) is 0 Å². The molecule has 0 amide bonds. The summed E-state index contributed by atoms with van der Waals surface area (Å²) in [6.45, 7) is 6.06. The summed E-state index contributed by atoms with van der Waals surface area (Å²) in [4.78, 5) is 7.48. The minimum absolute atomic E-state index is 0.432. The highest BCUT2D eigenvalue weighted by Gasteiger charge is 2.27. The number of hydrogen-bond donors (Lipinski definition) is 2. The minimum Gasteiger partial charge on any atom is -0.379 e. The number of aryl methyl sites for hydroxylation is 2. The van der Waals surface area contributed by atoms with E-state index in [0.29, 0.717) is 18.0 Å². The first-order chi connectivity index (χ1) is 15.2. The van der Waals surface area contributed by atoms with Gasteiger partial charge in [0.2, 0.25) is 5.95 Å². The summed E-state index contributed by atoms with van der Waals surface area (Å²) in [5, 5.41) is 15.9. The van der Waals surface area contributed by atoms with E-state index in [4.69, 9.17) is 9.72 Å². The Balaban J connectivity index is 1.33. The number of ether oxygens (including phenoxy) is 1. The van der Waals surface area contributed by atoms with Crippen molar-refractivity contribution >= 4 is 23.0 Å². The molecule has 31 heavy (non-hydrogen) atoms. The van der Waals surface area contributed by atoms with E-state index < -0.39 is 0 Å². The zero-order chi connectivity index (χ0) is 21.2. The van der Waals surface area contributed by atoms with Gasteiger partial charge in [-0.1, -0.05) is 6.92 Å². The molecule has 4 heterocycles. The summed E-state index contributed by atoms with van der Waals surface area (Å²) < 4.78 is 9.22. The number of fused-ring (bicyclic) bond motifs is 1. The predicted octanol–water partition coefficient (Wildman–Crippen LogP) is 2.82. The Morgan fingerprint density at radius 2 is 1.97 bits per heavy atom. The highest BCUT2D eigenvalue weighted by molar-refractivity contribution is 5.74. The molecule has 0 bridgehead atoms. The molecule has 1 saturated carbocycles. The number of aromatic nitrogens is 5. The summed E-state index contributed by atoms with van der Waals surface area (Å²) >= 11 is 0. The summed E-state index contributed by atoms with van der Waals surface area (Å²) in [6.07, 6.45) is 11.4. The molecule has 3 aromatic rings. The van der Waals surface area contributed by atoms with Gasteiger partial charge in [0, 0.05) is 44.6 Å². The van der Waals surface area contributed by atoms with Crippen LogP contribution in [0.2, 0.25) is 0 Å². The number of hydrogen-bond acceptors (Lipinski definition) is 7. The van der Waals surface area contributed by atoms with Gasteiger partial charge < -0.3 is 15.4 Å². The summed E-state index contributed by atoms with van der Waals surface area (Å²) in [5.74, 6) is 1.49. The van der Waals surface area contributed by atoms with Gasteiger partial charge in [-0.2, -0.15) is 10.1 Å². The van der Waals surface area contributed by atoms with E-state index in [9.17, 15) is 0 Å². The molecular weight excluding hydrogens is 392 g/mol. The van der Waals surface area contributed by atoms with Crippen LogP contribution in [0, 0.1) is 0 Å². The maximum absolute atomic E-state index is 5.52. The fraction of sp³-hybridized carbons (Fsp3) is 0.591. The van der Waals surface area contributed by atoms with Crippen molar-refractivity contribution in [3.05, 3.63) is 30.2 Å². The van der Waals surface area contributed by atoms with Crippen molar-refractivity contribution in [2.75, 3.05) is 36.9 Å². The quantitative estimate of drug-likeness (QED) is 0.629. The maximum Gasteiger partial charge on any atom is 0.247 e. The smallest absolute Gasteiger partial charge is 0.247 e. The molecule has 1 aliphatic carbocycles. The third-order valence-corrected chi connectivity index (χ3v) is 6.54. The standard InChI is InChI=1S/C22H32N8O/c1-3-16-8-9-30-20(16)21(26-22(27-30)25-18-14-23-28(2)15-18)24-17-4-6-19(7-5-17)29-10-12-31-13-11-29/h8-9,14-15,17,19H,3-7,10-13H2,1-2H3,(H2,24,25,26,27)/t17-,19-. The van der Waals surface area contributed by atoms with Crippen LogP contribution in [0.25, 0.3) is 5.52 Å². The molecule has 1 saturated heterocycles. The van der Waals surface area contributed by atoms with Crippen LogP contribution in [0.5, 0.6) is 0 Å². The number of rotatable bonds is 6. The lowest BCUT2D eigenvalue weighted by Crippen LogP contribution is -2.46. The molecule has 2 fully saturated rings. The third-order valence-electron chi connectivity index (χ3n) is 6.54. The van der Waals surface area contributed by atoms with Crippen LogP contribution in [-0.4, -0.2) is 67.7 Å². The molecule has 2 N–H and O–H groups in total. The Morgan fingerprint density at radius 1 is 1.16 bits per heavy atom. The minimum atomic E-state index is 0.432. The lowest BCUT2D eigenvalue weighted by Gasteiger charge is -2.39. The van der Waals surface area contributed by atoms with Gasteiger partial charge in [0.05, 0.1) is 25.1 Å². The Morgan fingerprint density at radius 3 is 2.68 bits per heavy atom. The molecule has 1 aliphatic heterocycles. The van der Waals surface area contributed by atoms with E-state index >= 15 is 0 Å². The van der Waals surface area contributed by atoms with Crippen LogP contribution in [-0.2, 0) is 18.2 Å². The number of nitrogens with zero attached hydrogens (tertiary/aromatic N) is 6. The molecule has 2 aliphatic rings. The van der Waals surface area contributed by atoms with Crippen molar-refractivity contribution in [2.24, 2.45) is 7.05 Å². The van der Waals surface area contributed by atoms with Crippen LogP contribution >= 0.6 is 0 Å². The van der Waals surface area contributed by atoms with Crippen LogP contribution in [0.4, 0.5) is 17.5 Å². The van der Waals surface area contributed by atoms with E-state index in [1.165, 1.54) is 18.4 Å². The summed E-state index contributed by atoms with van der Waals surface area (Å²) in [7, 11) is 1.90. The van der Waals surface area contributed by atoms with Crippen molar-refractivity contribution in [1.29, 1.82) is 0 Å².